The lowest BCUT2D eigenvalue weighted by molar-refractivity contribution is 0.415. The van der Waals surface area contributed by atoms with Crippen molar-refractivity contribution in [2.75, 3.05) is 7.11 Å². The molecule has 0 amide bonds. The van der Waals surface area contributed by atoms with Crippen LogP contribution in [0.1, 0.15) is 5.82 Å². The van der Waals surface area contributed by atoms with Crippen LogP contribution in [0.4, 0.5) is 0 Å². The predicted molar refractivity (Wildman–Crippen MR) is 75.4 cm³/mol. The van der Waals surface area contributed by atoms with Crippen LogP contribution >= 0.6 is 34.5 Å². The lowest BCUT2D eigenvalue weighted by Gasteiger charge is -2.06. The highest BCUT2D eigenvalue weighted by atomic mass is 35.5. The van der Waals surface area contributed by atoms with Gasteiger partial charge in [-0.2, -0.15) is 9.61 Å². The van der Waals surface area contributed by atoms with Crippen molar-refractivity contribution in [2.45, 2.75) is 6.92 Å². The maximum atomic E-state index is 6.12. The number of methoxy groups -OCH3 is 1. The highest BCUT2D eigenvalue weighted by Gasteiger charge is 2.14. The molecule has 1 aromatic carbocycles. The van der Waals surface area contributed by atoms with Crippen LogP contribution in [-0.4, -0.2) is 26.9 Å². The molecule has 19 heavy (non-hydrogen) atoms. The summed E-state index contributed by atoms with van der Waals surface area (Å²) in [7, 11) is 1.53. The minimum absolute atomic E-state index is 0.452. The van der Waals surface area contributed by atoms with Crippen molar-refractivity contribution in [1.82, 2.24) is 19.8 Å². The van der Waals surface area contributed by atoms with Crippen LogP contribution < -0.4 is 4.74 Å². The number of fused-ring (bicyclic) bond motifs is 1. The second-order valence-electron chi connectivity index (χ2n) is 3.82. The molecule has 2 heterocycles. The summed E-state index contributed by atoms with van der Waals surface area (Å²) in [6.07, 6.45) is 0. The van der Waals surface area contributed by atoms with Gasteiger partial charge in [-0.1, -0.05) is 34.5 Å². The van der Waals surface area contributed by atoms with Crippen LogP contribution in [0.15, 0.2) is 12.1 Å². The third-order valence-electron chi connectivity index (χ3n) is 2.60. The van der Waals surface area contributed by atoms with Crippen molar-refractivity contribution < 1.29 is 4.74 Å². The van der Waals surface area contributed by atoms with E-state index in [2.05, 4.69) is 15.3 Å². The molecule has 8 heteroatoms. The Balaban J connectivity index is 2.15. The highest BCUT2D eigenvalue weighted by molar-refractivity contribution is 7.19. The number of benzene rings is 1. The summed E-state index contributed by atoms with van der Waals surface area (Å²) in [6.45, 7) is 1.84. The Bertz CT molecular complexity index is 744. The third-order valence-corrected chi connectivity index (χ3v) is 4.11. The first-order chi connectivity index (χ1) is 9.10. The first-order valence-electron chi connectivity index (χ1n) is 5.32. The first kappa shape index (κ1) is 12.7. The van der Waals surface area contributed by atoms with Crippen molar-refractivity contribution in [3.63, 3.8) is 0 Å². The van der Waals surface area contributed by atoms with Crippen molar-refractivity contribution in [1.29, 1.82) is 0 Å². The molecule has 0 atom stereocenters. The number of aromatic nitrogens is 4. The third kappa shape index (κ3) is 2.05. The highest BCUT2D eigenvalue weighted by Crippen LogP contribution is 2.38. The number of hydrogen-bond donors (Lipinski definition) is 0. The van der Waals surface area contributed by atoms with E-state index in [9.17, 15) is 0 Å². The minimum Gasteiger partial charge on any atom is -0.494 e. The Morgan fingerprint density at radius 1 is 1.21 bits per heavy atom. The van der Waals surface area contributed by atoms with E-state index in [1.807, 2.05) is 6.92 Å². The number of hydrogen-bond acceptors (Lipinski definition) is 5. The van der Waals surface area contributed by atoms with Gasteiger partial charge in [-0.05, 0) is 19.1 Å². The molecule has 0 radical (unpaired) electrons. The summed E-state index contributed by atoms with van der Waals surface area (Å²) >= 11 is 13.7. The summed E-state index contributed by atoms with van der Waals surface area (Å²) in [6, 6.07) is 3.54. The summed E-state index contributed by atoms with van der Waals surface area (Å²) in [4.78, 5) is 0.732. The summed E-state index contributed by atoms with van der Waals surface area (Å²) in [5.41, 5.74) is 0.825. The molecule has 0 saturated carbocycles. The maximum Gasteiger partial charge on any atom is 0.234 e. The molecular weight excluding hydrogens is 307 g/mol. The van der Waals surface area contributed by atoms with Crippen LogP contribution in [0, 0.1) is 6.92 Å². The van der Waals surface area contributed by atoms with Gasteiger partial charge in [0.1, 0.15) is 5.01 Å². The second kappa shape index (κ2) is 4.63. The Kier molecular flexibility index (Phi) is 3.08. The largest absolute Gasteiger partial charge is 0.494 e. The summed E-state index contributed by atoms with van der Waals surface area (Å²) in [5, 5.41) is 14.1. The van der Waals surface area contributed by atoms with Crippen molar-refractivity contribution >= 4 is 39.5 Å². The van der Waals surface area contributed by atoms with Gasteiger partial charge in [0.15, 0.2) is 11.6 Å². The summed E-state index contributed by atoms with van der Waals surface area (Å²) < 4.78 is 6.81. The van der Waals surface area contributed by atoms with Crippen LogP contribution in [0.2, 0.25) is 10.0 Å². The van der Waals surface area contributed by atoms with Crippen molar-refractivity contribution in [2.24, 2.45) is 0 Å². The normalized spacial score (nSPS) is 11.2. The van der Waals surface area contributed by atoms with Crippen molar-refractivity contribution in [3.05, 3.63) is 28.0 Å². The zero-order valence-electron chi connectivity index (χ0n) is 10.0. The average molecular weight is 315 g/mol. The van der Waals surface area contributed by atoms with Crippen LogP contribution in [0.25, 0.3) is 15.5 Å². The smallest absolute Gasteiger partial charge is 0.234 e. The molecular formula is C11H8Cl2N4OS. The van der Waals surface area contributed by atoms with Gasteiger partial charge in [-0.15, -0.1) is 10.2 Å². The fourth-order valence-corrected chi connectivity index (χ4v) is 3.22. The molecule has 98 valence electrons. The van der Waals surface area contributed by atoms with E-state index in [0.717, 1.165) is 21.4 Å². The van der Waals surface area contributed by atoms with Crippen LogP contribution in [0.5, 0.6) is 5.75 Å². The molecule has 0 fully saturated rings. The van der Waals surface area contributed by atoms with Crippen LogP contribution in [0.3, 0.4) is 0 Å². The second-order valence-corrected chi connectivity index (χ2v) is 5.59. The summed E-state index contributed by atoms with van der Waals surface area (Å²) in [5.74, 6) is 1.20. The quantitative estimate of drug-likeness (QED) is 0.726. The Hall–Kier alpha value is -1.37. The predicted octanol–water partition coefficient (Wildman–Crippen LogP) is 3.48. The number of nitrogens with zero attached hydrogens (tertiary/aromatic N) is 4. The van der Waals surface area contributed by atoms with Gasteiger partial charge in [-0.3, -0.25) is 0 Å². The van der Waals surface area contributed by atoms with Gasteiger partial charge >= 0.3 is 0 Å². The molecule has 3 rings (SSSR count). The molecule has 0 N–H and O–H groups in total. The van der Waals surface area contributed by atoms with Crippen LogP contribution in [-0.2, 0) is 0 Å². The zero-order chi connectivity index (χ0) is 13.6. The Morgan fingerprint density at radius 2 is 1.89 bits per heavy atom. The molecule has 0 aliphatic rings. The SMILES string of the molecule is COc1c(Cl)cc(-c2nn3c(C)nnc3s2)cc1Cl. The molecule has 0 aliphatic heterocycles. The van der Waals surface area contributed by atoms with E-state index in [4.69, 9.17) is 27.9 Å². The monoisotopic (exact) mass is 314 g/mol. The number of rotatable bonds is 2. The maximum absolute atomic E-state index is 6.12. The minimum atomic E-state index is 0.452. The zero-order valence-corrected chi connectivity index (χ0v) is 12.3. The van der Waals surface area contributed by atoms with Gasteiger partial charge in [-0.25, -0.2) is 0 Å². The van der Waals surface area contributed by atoms with E-state index < -0.39 is 0 Å². The van der Waals surface area contributed by atoms with E-state index in [0.29, 0.717) is 15.8 Å². The van der Waals surface area contributed by atoms with Gasteiger partial charge in [0, 0.05) is 5.56 Å². The topological polar surface area (TPSA) is 52.3 Å². The van der Waals surface area contributed by atoms with Gasteiger partial charge in [0.05, 0.1) is 17.2 Å². The van der Waals surface area contributed by atoms with Gasteiger partial charge in [0.2, 0.25) is 4.96 Å². The number of halogens is 2. The fraction of sp³-hybridized carbons (Fsp3) is 0.182. The number of aryl methyl sites for hydroxylation is 1. The lowest BCUT2D eigenvalue weighted by Crippen LogP contribution is -1.90. The number of ether oxygens (including phenoxy) is 1. The molecule has 0 saturated heterocycles. The van der Waals surface area contributed by atoms with E-state index in [1.165, 1.54) is 18.4 Å². The molecule has 2 aromatic heterocycles. The molecule has 0 aliphatic carbocycles. The first-order valence-corrected chi connectivity index (χ1v) is 6.89. The average Bonchev–Trinajstić information content (AvgIpc) is 2.92. The standard InChI is InChI=1S/C11H8Cl2N4OS/c1-5-14-15-11-17(5)16-10(19-11)6-3-7(12)9(18-2)8(13)4-6/h3-4H,1-2H3. The molecule has 5 nitrogen and oxygen atoms in total. The molecule has 0 bridgehead atoms. The fourth-order valence-electron chi connectivity index (χ4n) is 1.71. The van der Waals surface area contributed by atoms with Gasteiger partial charge < -0.3 is 4.74 Å². The lowest BCUT2D eigenvalue weighted by atomic mass is 10.2. The van der Waals surface area contributed by atoms with Crippen molar-refractivity contribution in [3.8, 4) is 16.3 Å². The van der Waals surface area contributed by atoms with E-state index in [-0.39, 0.29) is 0 Å². The molecule has 0 spiro atoms. The molecule has 0 unspecified atom stereocenters. The van der Waals surface area contributed by atoms with E-state index in [1.54, 1.807) is 16.6 Å². The molecule has 3 aromatic rings. The van der Waals surface area contributed by atoms with E-state index >= 15 is 0 Å². The Labute approximate surface area is 122 Å². The Morgan fingerprint density at radius 3 is 2.47 bits per heavy atom. The van der Waals surface area contributed by atoms with Gasteiger partial charge in [0.25, 0.3) is 0 Å².